The lowest BCUT2D eigenvalue weighted by Gasteiger charge is -2.30. The van der Waals surface area contributed by atoms with E-state index in [0.717, 1.165) is 25.0 Å². The van der Waals surface area contributed by atoms with E-state index in [4.69, 9.17) is 32.7 Å². The molecule has 1 aromatic rings. The lowest BCUT2D eigenvalue weighted by atomic mass is 9.93. The maximum atomic E-state index is 6.29. The van der Waals surface area contributed by atoms with Gasteiger partial charge in [-0.05, 0) is 31.4 Å². The minimum Gasteiger partial charge on any atom is -0.495 e. The number of hydrogen-bond donors (Lipinski definition) is 0. The summed E-state index contributed by atoms with van der Waals surface area (Å²) in [4.78, 5) is 0.0170. The molecule has 1 fully saturated rings. The zero-order valence-corrected chi connectivity index (χ0v) is 13.4. The van der Waals surface area contributed by atoms with Crippen molar-refractivity contribution in [3.8, 4) is 5.75 Å². The highest BCUT2D eigenvalue weighted by molar-refractivity contribution is 9.09. The van der Waals surface area contributed by atoms with Gasteiger partial charge in [0, 0.05) is 17.7 Å². The van der Waals surface area contributed by atoms with Crippen LogP contribution in [-0.4, -0.2) is 19.3 Å². The Labute approximate surface area is 126 Å². The van der Waals surface area contributed by atoms with E-state index in [-0.39, 0.29) is 10.4 Å². The van der Waals surface area contributed by atoms with Crippen molar-refractivity contribution in [2.75, 3.05) is 13.7 Å². The monoisotopic (exact) mass is 352 g/mol. The molecular weight excluding hydrogens is 339 g/mol. The number of hydrogen-bond acceptors (Lipinski definition) is 2. The van der Waals surface area contributed by atoms with Gasteiger partial charge in [-0.1, -0.05) is 39.1 Å². The predicted octanol–water partition coefficient (Wildman–Crippen LogP) is 5.01. The van der Waals surface area contributed by atoms with Crippen LogP contribution in [0.15, 0.2) is 12.1 Å². The Hall–Kier alpha value is 0.0400. The van der Waals surface area contributed by atoms with Gasteiger partial charge in [0.25, 0.3) is 0 Å². The van der Waals surface area contributed by atoms with E-state index in [9.17, 15) is 0 Å². The number of halogens is 3. The van der Waals surface area contributed by atoms with E-state index in [1.54, 1.807) is 13.2 Å². The third-order valence-electron chi connectivity index (χ3n) is 3.33. The highest BCUT2D eigenvalue weighted by Gasteiger charge is 2.39. The molecule has 1 aliphatic rings. The van der Waals surface area contributed by atoms with E-state index in [1.807, 2.05) is 6.07 Å². The Kier molecular flexibility index (Phi) is 4.48. The molecule has 2 unspecified atom stereocenters. The summed E-state index contributed by atoms with van der Waals surface area (Å²) in [5, 5.41) is 1.19. The number of ether oxygens (including phenoxy) is 2. The molecule has 0 saturated carbocycles. The molecule has 0 aliphatic carbocycles. The first-order valence-corrected chi connectivity index (χ1v) is 7.46. The molecule has 100 valence electrons. The van der Waals surface area contributed by atoms with Crippen LogP contribution < -0.4 is 4.74 Å². The molecule has 1 aliphatic heterocycles. The highest BCUT2D eigenvalue weighted by atomic mass is 79.9. The fraction of sp³-hybridized carbons (Fsp3) is 0.538. The predicted molar refractivity (Wildman–Crippen MR) is 78.3 cm³/mol. The van der Waals surface area contributed by atoms with Crippen molar-refractivity contribution in [2.45, 2.75) is 30.2 Å². The molecule has 0 aromatic heterocycles. The SMILES string of the molecule is COc1cc(Cl)c(C(Br)C2(C)CCCO2)cc1Cl. The summed E-state index contributed by atoms with van der Waals surface area (Å²) < 4.78 is 11.0. The third-order valence-corrected chi connectivity index (χ3v) is 5.41. The quantitative estimate of drug-likeness (QED) is 0.711. The smallest absolute Gasteiger partial charge is 0.138 e. The van der Waals surface area contributed by atoms with Crippen LogP contribution >= 0.6 is 39.1 Å². The van der Waals surface area contributed by atoms with Crippen molar-refractivity contribution < 1.29 is 9.47 Å². The zero-order chi connectivity index (χ0) is 13.3. The average molecular weight is 354 g/mol. The van der Waals surface area contributed by atoms with Crippen molar-refractivity contribution >= 4 is 39.1 Å². The van der Waals surface area contributed by atoms with E-state index >= 15 is 0 Å². The van der Waals surface area contributed by atoms with E-state index in [0.29, 0.717) is 15.8 Å². The summed E-state index contributed by atoms with van der Waals surface area (Å²) in [5.41, 5.74) is 0.702. The number of rotatable bonds is 3. The summed E-state index contributed by atoms with van der Waals surface area (Å²) in [7, 11) is 1.57. The summed E-state index contributed by atoms with van der Waals surface area (Å²) in [6, 6.07) is 3.58. The Balaban J connectivity index is 2.36. The Bertz CT molecular complexity index is 445. The van der Waals surface area contributed by atoms with Crippen molar-refractivity contribution in [1.29, 1.82) is 0 Å². The van der Waals surface area contributed by atoms with Gasteiger partial charge in [0.1, 0.15) is 5.75 Å². The van der Waals surface area contributed by atoms with Crippen molar-refractivity contribution in [3.63, 3.8) is 0 Å². The van der Waals surface area contributed by atoms with Gasteiger partial charge >= 0.3 is 0 Å². The standard InChI is InChI=1S/C13H15BrCl2O2/c1-13(4-3-5-18-13)12(14)8-6-10(16)11(17-2)7-9(8)15/h6-7,12H,3-5H2,1-2H3. The molecule has 2 nitrogen and oxygen atoms in total. The molecule has 2 atom stereocenters. The highest BCUT2D eigenvalue weighted by Crippen LogP contribution is 2.46. The molecule has 2 rings (SSSR count). The molecule has 1 aromatic carbocycles. The van der Waals surface area contributed by atoms with Gasteiger partial charge in [0.2, 0.25) is 0 Å². The first-order valence-electron chi connectivity index (χ1n) is 5.79. The van der Waals surface area contributed by atoms with Gasteiger partial charge in [-0.3, -0.25) is 0 Å². The van der Waals surface area contributed by atoms with Gasteiger partial charge in [-0.25, -0.2) is 0 Å². The summed E-state index contributed by atoms with van der Waals surface area (Å²) in [5.74, 6) is 0.586. The first kappa shape index (κ1) is 14.4. The van der Waals surface area contributed by atoms with Gasteiger partial charge < -0.3 is 9.47 Å². The van der Waals surface area contributed by atoms with Crippen LogP contribution in [0, 0.1) is 0 Å². The third kappa shape index (κ3) is 2.64. The zero-order valence-electron chi connectivity index (χ0n) is 10.3. The maximum absolute atomic E-state index is 6.29. The second kappa shape index (κ2) is 5.58. The molecule has 0 spiro atoms. The largest absolute Gasteiger partial charge is 0.495 e. The molecular formula is C13H15BrCl2O2. The van der Waals surface area contributed by atoms with Crippen LogP contribution in [0.2, 0.25) is 10.0 Å². The lowest BCUT2D eigenvalue weighted by molar-refractivity contribution is 0.0198. The van der Waals surface area contributed by atoms with Crippen LogP contribution in [-0.2, 0) is 4.74 Å². The molecule has 1 heterocycles. The van der Waals surface area contributed by atoms with Gasteiger partial charge in [0.15, 0.2) is 0 Å². The first-order chi connectivity index (χ1) is 8.48. The van der Waals surface area contributed by atoms with Crippen molar-refractivity contribution in [3.05, 3.63) is 27.7 Å². The topological polar surface area (TPSA) is 18.5 Å². The Morgan fingerprint density at radius 3 is 2.67 bits per heavy atom. The van der Waals surface area contributed by atoms with E-state index in [1.165, 1.54) is 0 Å². The fourth-order valence-electron chi connectivity index (χ4n) is 2.22. The number of methoxy groups -OCH3 is 1. The molecule has 0 amide bonds. The Morgan fingerprint density at radius 2 is 2.11 bits per heavy atom. The van der Waals surface area contributed by atoms with Crippen LogP contribution in [0.1, 0.15) is 30.2 Å². The summed E-state index contributed by atoms with van der Waals surface area (Å²) in [6.45, 7) is 2.88. The Morgan fingerprint density at radius 1 is 1.39 bits per heavy atom. The molecule has 0 N–H and O–H groups in total. The summed E-state index contributed by atoms with van der Waals surface area (Å²) in [6.07, 6.45) is 2.07. The summed E-state index contributed by atoms with van der Waals surface area (Å²) >= 11 is 16.1. The molecule has 0 bridgehead atoms. The second-order valence-electron chi connectivity index (χ2n) is 4.64. The van der Waals surface area contributed by atoms with Crippen molar-refractivity contribution in [2.24, 2.45) is 0 Å². The van der Waals surface area contributed by atoms with E-state index in [2.05, 4.69) is 22.9 Å². The van der Waals surface area contributed by atoms with Crippen LogP contribution in [0.4, 0.5) is 0 Å². The molecule has 18 heavy (non-hydrogen) atoms. The van der Waals surface area contributed by atoms with Crippen LogP contribution in [0.25, 0.3) is 0 Å². The van der Waals surface area contributed by atoms with Gasteiger partial charge in [-0.2, -0.15) is 0 Å². The molecule has 0 radical (unpaired) electrons. The molecule has 1 saturated heterocycles. The minimum absolute atomic E-state index is 0.0170. The van der Waals surface area contributed by atoms with Crippen molar-refractivity contribution in [1.82, 2.24) is 0 Å². The van der Waals surface area contributed by atoms with Gasteiger partial charge in [0.05, 0.1) is 22.6 Å². The molecule has 5 heteroatoms. The van der Waals surface area contributed by atoms with E-state index < -0.39 is 0 Å². The fourth-order valence-corrected chi connectivity index (χ4v) is 3.61. The normalized spacial score (nSPS) is 25.2. The van der Waals surface area contributed by atoms with Crippen LogP contribution in [0.3, 0.4) is 0 Å². The van der Waals surface area contributed by atoms with Gasteiger partial charge in [-0.15, -0.1) is 0 Å². The second-order valence-corrected chi connectivity index (χ2v) is 6.37. The van der Waals surface area contributed by atoms with Crippen LogP contribution in [0.5, 0.6) is 5.75 Å². The number of alkyl halides is 1. The maximum Gasteiger partial charge on any atom is 0.138 e. The minimum atomic E-state index is -0.235. The average Bonchev–Trinajstić information content (AvgIpc) is 2.79. The number of benzene rings is 1. The lowest BCUT2D eigenvalue weighted by Crippen LogP contribution is -2.28.